The van der Waals surface area contributed by atoms with Gasteiger partial charge in [-0.1, -0.05) is 24.4 Å². The molecule has 1 aliphatic carbocycles. The van der Waals surface area contributed by atoms with Crippen LogP contribution in [-0.4, -0.2) is 21.5 Å². The first-order chi connectivity index (χ1) is 9.83. The van der Waals surface area contributed by atoms with Gasteiger partial charge in [0.25, 0.3) is 0 Å². The van der Waals surface area contributed by atoms with Crippen molar-refractivity contribution in [2.45, 2.75) is 43.7 Å². The normalized spacial score (nSPS) is 17.0. The van der Waals surface area contributed by atoms with E-state index in [1.165, 1.54) is 6.07 Å². The molecule has 2 rings (SSSR count). The maximum absolute atomic E-state index is 13.8. The average Bonchev–Trinajstić information content (AvgIpc) is 3.17. The molecule has 2 N–H and O–H groups in total. The van der Waals surface area contributed by atoms with E-state index in [1.54, 1.807) is 7.05 Å². The first-order valence-corrected chi connectivity index (χ1v) is 8.84. The predicted molar refractivity (Wildman–Crippen MR) is 81.3 cm³/mol. The Bertz CT molecular complexity index is 618. The van der Waals surface area contributed by atoms with Gasteiger partial charge in [-0.25, -0.2) is 17.5 Å². The zero-order chi connectivity index (χ0) is 15.6. The van der Waals surface area contributed by atoms with Gasteiger partial charge in [0.15, 0.2) is 0 Å². The summed E-state index contributed by atoms with van der Waals surface area (Å²) >= 11 is 5.85. The van der Waals surface area contributed by atoms with Crippen LogP contribution < -0.4 is 10.0 Å². The van der Waals surface area contributed by atoms with Crippen molar-refractivity contribution in [2.75, 3.05) is 7.05 Å². The Labute approximate surface area is 130 Å². The van der Waals surface area contributed by atoms with Crippen LogP contribution >= 0.6 is 11.6 Å². The number of nitrogens with one attached hydrogen (secondary N) is 2. The fourth-order valence-corrected chi connectivity index (χ4v) is 3.82. The standard InChI is InChI=1S/C14H20ClFN2O2S/c1-9(5-10-3-4-10)18-21(19,20)12-6-11(8-17-2)14(15)13(16)7-12/h6-7,9-10,17-18H,3-5,8H2,1-2H3. The lowest BCUT2D eigenvalue weighted by Crippen LogP contribution is -2.33. The van der Waals surface area contributed by atoms with Crippen LogP contribution in [0.5, 0.6) is 0 Å². The topological polar surface area (TPSA) is 58.2 Å². The minimum Gasteiger partial charge on any atom is -0.316 e. The summed E-state index contributed by atoms with van der Waals surface area (Å²) in [5, 5.41) is 2.79. The largest absolute Gasteiger partial charge is 0.316 e. The van der Waals surface area contributed by atoms with Crippen LogP contribution in [0, 0.1) is 11.7 Å². The van der Waals surface area contributed by atoms with Crippen molar-refractivity contribution in [3.63, 3.8) is 0 Å². The van der Waals surface area contributed by atoms with Crippen LogP contribution in [0.15, 0.2) is 17.0 Å². The highest BCUT2D eigenvalue weighted by atomic mass is 35.5. The molecule has 1 aromatic carbocycles. The Hall–Kier alpha value is -0.690. The van der Waals surface area contributed by atoms with E-state index >= 15 is 0 Å². The number of hydrogen-bond acceptors (Lipinski definition) is 3. The van der Waals surface area contributed by atoms with Crippen molar-refractivity contribution >= 4 is 21.6 Å². The molecule has 0 aromatic heterocycles. The van der Waals surface area contributed by atoms with E-state index in [-0.39, 0.29) is 16.0 Å². The summed E-state index contributed by atoms with van der Waals surface area (Å²) in [6.07, 6.45) is 3.14. The molecule has 4 nitrogen and oxygen atoms in total. The Morgan fingerprint density at radius 2 is 2.10 bits per heavy atom. The molecule has 1 aliphatic rings. The lowest BCUT2D eigenvalue weighted by atomic mass is 10.2. The van der Waals surface area contributed by atoms with E-state index in [0.717, 1.165) is 25.3 Å². The quantitative estimate of drug-likeness (QED) is 0.806. The molecule has 0 heterocycles. The van der Waals surface area contributed by atoms with Crippen molar-refractivity contribution in [1.82, 2.24) is 10.0 Å². The fourth-order valence-electron chi connectivity index (χ4n) is 2.33. The van der Waals surface area contributed by atoms with Gasteiger partial charge in [-0.15, -0.1) is 0 Å². The van der Waals surface area contributed by atoms with E-state index in [2.05, 4.69) is 10.0 Å². The van der Waals surface area contributed by atoms with Crippen LogP contribution in [0.1, 0.15) is 31.7 Å². The van der Waals surface area contributed by atoms with Crippen LogP contribution in [-0.2, 0) is 16.6 Å². The molecule has 0 radical (unpaired) electrons. The molecule has 1 aromatic rings. The lowest BCUT2D eigenvalue weighted by molar-refractivity contribution is 0.528. The SMILES string of the molecule is CNCc1cc(S(=O)(=O)NC(C)CC2CC2)cc(F)c1Cl. The van der Waals surface area contributed by atoms with E-state index < -0.39 is 15.8 Å². The summed E-state index contributed by atoms with van der Waals surface area (Å²) in [5.41, 5.74) is 0.425. The third-order valence-corrected chi connectivity index (χ3v) is 5.49. The molecule has 1 unspecified atom stereocenters. The van der Waals surface area contributed by atoms with Crippen LogP contribution in [0.4, 0.5) is 4.39 Å². The molecule has 1 saturated carbocycles. The van der Waals surface area contributed by atoms with Crippen molar-refractivity contribution in [1.29, 1.82) is 0 Å². The van der Waals surface area contributed by atoms with Crippen LogP contribution in [0.25, 0.3) is 0 Å². The van der Waals surface area contributed by atoms with E-state index in [0.29, 0.717) is 18.0 Å². The van der Waals surface area contributed by atoms with Gasteiger partial charge >= 0.3 is 0 Å². The van der Waals surface area contributed by atoms with Gasteiger partial charge in [-0.2, -0.15) is 0 Å². The van der Waals surface area contributed by atoms with Crippen molar-refractivity contribution in [3.05, 3.63) is 28.5 Å². The highest BCUT2D eigenvalue weighted by Crippen LogP contribution is 2.33. The van der Waals surface area contributed by atoms with Gasteiger partial charge in [0.05, 0.1) is 9.92 Å². The van der Waals surface area contributed by atoms with Crippen LogP contribution in [0.2, 0.25) is 5.02 Å². The molecule has 0 amide bonds. The lowest BCUT2D eigenvalue weighted by Gasteiger charge is -2.15. The fraction of sp³-hybridized carbons (Fsp3) is 0.571. The number of benzene rings is 1. The zero-order valence-electron chi connectivity index (χ0n) is 12.1. The van der Waals surface area contributed by atoms with E-state index in [9.17, 15) is 12.8 Å². The first kappa shape index (κ1) is 16.7. The van der Waals surface area contributed by atoms with Gasteiger partial charge in [0.2, 0.25) is 10.0 Å². The second-order valence-corrected chi connectivity index (χ2v) is 7.70. The number of hydrogen-bond donors (Lipinski definition) is 2. The Morgan fingerprint density at radius 3 is 2.67 bits per heavy atom. The smallest absolute Gasteiger partial charge is 0.240 e. The first-order valence-electron chi connectivity index (χ1n) is 6.98. The zero-order valence-corrected chi connectivity index (χ0v) is 13.7. The minimum absolute atomic E-state index is 0.0469. The molecule has 0 bridgehead atoms. The molecule has 1 atom stereocenters. The average molecular weight is 335 g/mol. The van der Waals surface area contributed by atoms with Gasteiger partial charge in [-0.3, -0.25) is 0 Å². The number of sulfonamides is 1. The van der Waals surface area contributed by atoms with Gasteiger partial charge in [0, 0.05) is 12.6 Å². The highest BCUT2D eigenvalue weighted by Gasteiger charge is 2.27. The summed E-state index contributed by atoms with van der Waals surface area (Å²) < 4.78 is 41.0. The Kier molecular flexibility index (Phi) is 5.24. The second-order valence-electron chi connectivity index (χ2n) is 5.61. The van der Waals surface area contributed by atoms with Gasteiger partial charge in [-0.05, 0) is 44.0 Å². The molecule has 118 valence electrons. The summed E-state index contributed by atoms with van der Waals surface area (Å²) in [7, 11) is -2.05. The van der Waals surface area contributed by atoms with E-state index in [1.807, 2.05) is 6.92 Å². The summed E-state index contributed by atoms with van der Waals surface area (Å²) in [6.45, 7) is 2.13. The van der Waals surface area contributed by atoms with Gasteiger partial charge < -0.3 is 5.32 Å². The molecule has 1 fully saturated rings. The van der Waals surface area contributed by atoms with Crippen LogP contribution in [0.3, 0.4) is 0 Å². The molecule has 0 saturated heterocycles. The van der Waals surface area contributed by atoms with Crippen molar-refractivity contribution in [3.8, 4) is 0 Å². The summed E-state index contributed by atoms with van der Waals surface area (Å²) in [5.74, 6) is -0.107. The van der Waals surface area contributed by atoms with E-state index in [4.69, 9.17) is 11.6 Å². The molecule has 0 spiro atoms. The third kappa shape index (κ3) is 4.39. The van der Waals surface area contributed by atoms with Gasteiger partial charge in [0.1, 0.15) is 5.82 Å². The van der Waals surface area contributed by atoms with Crippen molar-refractivity contribution < 1.29 is 12.8 Å². The summed E-state index contributed by atoms with van der Waals surface area (Å²) in [4.78, 5) is -0.0858. The number of rotatable bonds is 7. The maximum atomic E-state index is 13.8. The predicted octanol–water partition coefficient (Wildman–Crippen LogP) is 2.67. The molecular weight excluding hydrogens is 315 g/mol. The molecule has 21 heavy (non-hydrogen) atoms. The monoisotopic (exact) mass is 334 g/mol. The number of halogens is 2. The Balaban J connectivity index is 2.21. The maximum Gasteiger partial charge on any atom is 0.240 e. The Morgan fingerprint density at radius 1 is 1.43 bits per heavy atom. The third-order valence-electron chi connectivity index (χ3n) is 3.49. The molecular formula is C14H20ClFN2O2S. The summed E-state index contributed by atoms with van der Waals surface area (Å²) in [6, 6.07) is 2.22. The molecule has 0 aliphatic heterocycles. The minimum atomic E-state index is -3.73. The second kappa shape index (κ2) is 6.60. The van der Waals surface area contributed by atoms with Crippen molar-refractivity contribution in [2.24, 2.45) is 5.92 Å². The highest BCUT2D eigenvalue weighted by molar-refractivity contribution is 7.89. The molecule has 7 heteroatoms.